The van der Waals surface area contributed by atoms with Gasteiger partial charge in [0.2, 0.25) is 5.28 Å². The molecule has 0 fully saturated rings. The van der Waals surface area contributed by atoms with Crippen LogP contribution >= 0.6 is 11.6 Å². The van der Waals surface area contributed by atoms with Gasteiger partial charge in [0.25, 0.3) is 0 Å². The van der Waals surface area contributed by atoms with Crippen LogP contribution in [0.1, 0.15) is 23.0 Å². The summed E-state index contributed by atoms with van der Waals surface area (Å²) >= 11 is 5.95. The zero-order chi connectivity index (χ0) is 19.7. The van der Waals surface area contributed by atoms with Crippen molar-refractivity contribution in [3.05, 3.63) is 47.1 Å². The van der Waals surface area contributed by atoms with Gasteiger partial charge >= 0.3 is 5.97 Å². The SMILES string of the molecule is CCOC(=O)c1cnc(Cl)nc1Nc1cccc2c1OCCc1nn(C)cc1-2. The lowest BCUT2D eigenvalue weighted by molar-refractivity contribution is 0.0526. The Hall–Kier alpha value is -3.13. The van der Waals surface area contributed by atoms with Crippen LogP contribution in [0.4, 0.5) is 11.5 Å². The molecule has 9 heteroatoms. The van der Waals surface area contributed by atoms with Crippen LogP contribution in [0.5, 0.6) is 5.75 Å². The van der Waals surface area contributed by atoms with Gasteiger partial charge in [-0.2, -0.15) is 10.1 Å². The van der Waals surface area contributed by atoms with Gasteiger partial charge in [0.1, 0.15) is 11.4 Å². The van der Waals surface area contributed by atoms with E-state index in [0.29, 0.717) is 24.5 Å². The molecule has 144 valence electrons. The molecule has 0 saturated heterocycles. The van der Waals surface area contributed by atoms with Crippen molar-refractivity contribution in [3.8, 4) is 16.9 Å². The number of nitrogens with zero attached hydrogens (tertiary/aromatic N) is 4. The molecule has 4 rings (SSSR count). The summed E-state index contributed by atoms with van der Waals surface area (Å²) in [6.45, 7) is 2.47. The number of nitrogens with one attached hydrogen (secondary N) is 1. The summed E-state index contributed by atoms with van der Waals surface area (Å²) < 4.78 is 12.9. The highest BCUT2D eigenvalue weighted by atomic mass is 35.5. The Labute approximate surface area is 166 Å². The number of hydrogen-bond donors (Lipinski definition) is 1. The van der Waals surface area contributed by atoms with E-state index in [2.05, 4.69) is 20.4 Å². The Morgan fingerprint density at radius 2 is 2.25 bits per heavy atom. The normalized spacial score (nSPS) is 12.4. The number of halogens is 1. The van der Waals surface area contributed by atoms with Gasteiger partial charge in [-0.15, -0.1) is 0 Å². The van der Waals surface area contributed by atoms with Gasteiger partial charge in [-0.3, -0.25) is 4.68 Å². The number of anilines is 2. The Balaban J connectivity index is 1.77. The second-order valence-electron chi connectivity index (χ2n) is 6.19. The third-order valence-electron chi connectivity index (χ3n) is 4.30. The lowest BCUT2D eigenvalue weighted by Crippen LogP contribution is -2.11. The van der Waals surface area contributed by atoms with E-state index in [0.717, 1.165) is 16.8 Å². The number of carbonyl (C=O) groups excluding carboxylic acids is 1. The fraction of sp³-hybridized carbons (Fsp3) is 0.263. The molecule has 1 N–H and O–H groups in total. The fourth-order valence-corrected chi connectivity index (χ4v) is 3.27. The quantitative estimate of drug-likeness (QED) is 0.531. The summed E-state index contributed by atoms with van der Waals surface area (Å²) in [6, 6.07) is 5.73. The van der Waals surface area contributed by atoms with E-state index < -0.39 is 5.97 Å². The van der Waals surface area contributed by atoms with Gasteiger partial charge in [-0.1, -0.05) is 12.1 Å². The van der Waals surface area contributed by atoms with Gasteiger partial charge in [0, 0.05) is 37.0 Å². The monoisotopic (exact) mass is 399 g/mol. The second kappa shape index (κ2) is 7.47. The number of para-hydroxylation sites is 1. The highest BCUT2D eigenvalue weighted by Crippen LogP contribution is 2.41. The van der Waals surface area contributed by atoms with Crippen molar-refractivity contribution in [2.75, 3.05) is 18.5 Å². The highest BCUT2D eigenvalue weighted by Gasteiger charge is 2.23. The molecule has 0 saturated carbocycles. The third-order valence-corrected chi connectivity index (χ3v) is 4.49. The first kappa shape index (κ1) is 18.2. The van der Waals surface area contributed by atoms with Crippen molar-refractivity contribution < 1.29 is 14.3 Å². The van der Waals surface area contributed by atoms with Crippen LogP contribution in [0.3, 0.4) is 0 Å². The number of fused-ring (bicyclic) bond motifs is 3. The molecule has 0 amide bonds. The number of carbonyl (C=O) groups is 1. The third kappa shape index (κ3) is 3.38. The van der Waals surface area contributed by atoms with Crippen LogP contribution in [0.2, 0.25) is 5.28 Å². The van der Waals surface area contributed by atoms with Crippen LogP contribution in [-0.4, -0.2) is 38.9 Å². The molecule has 0 bridgehead atoms. The van der Waals surface area contributed by atoms with Crippen LogP contribution in [0, 0.1) is 0 Å². The van der Waals surface area contributed by atoms with Crippen molar-refractivity contribution in [1.29, 1.82) is 0 Å². The van der Waals surface area contributed by atoms with Gasteiger partial charge in [-0.25, -0.2) is 9.78 Å². The number of ether oxygens (including phenoxy) is 2. The lowest BCUT2D eigenvalue weighted by Gasteiger charge is -2.16. The Morgan fingerprint density at radius 3 is 3.07 bits per heavy atom. The Morgan fingerprint density at radius 1 is 1.39 bits per heavy atom. The van der Waals surface area contributed by atoms with E-state index in [-0.39, 0.29) is 23.3 Å². The predicted molar refractivity (Wildman–Crippen MR) is 104 cm³/mol. The zero-order valence-electron chi connectivity index (χ0n) is 15.4. The minimum Gasteiger partial charge on any atom is -0.490 e. The zero-order valence-corrected chi connectivity index (χ0v) is 16.2. The van der Waals surface area contributed by atoms with Crippen molar-refractivity contribution in [2.24, 2.45) is 7.05 Å². The minimum absolute atomic E-state index is 0.0213. The highest BCUT2D eigenvalue weighted by molar-refractivity contribution is 6.28. The van der Waals surface area contributed by atoms with Gasteiger partial charge in [-0.05, 0) is 24.6 Å². The number of benzene rings is 1. The molecule has 8 nitrogen and oxygen atoms in total. The number of aromatic nitrogens is 4. The molecule has 1 aliphatic heterocycles. The standard InChI is InChI=1S/C19H18ClN5O3/c1-3-27-18(26)12-9-21-19(20)23-17(12)22-15-6-4-5-11-13-10-25(2)24-14(13)7-8-28-16(11)15/h4-6,9-10H,3,7-8H2,1-2H3,(H,21,22,23). The largest absolute Gasteiger partial charge is 0.490 e. The summed E-state index contributed by atoms with van der Waals surface area (Å²) in [4.78, 5) is 20.3. The summed E-state index contributed by atoms with van der Waals surface area (Å²) in [5, 5.41) is 7.69. The molecule has 3 heterocycles. The molecule has 0 unspecified atom stereocenters. The molecule has 2 aromatic heterocycles. The molecule has 0 atom stereocenters. The average molecular weight is 400 g/mol. The maximum Gasteiger partial charge on any atom is 0.343 e. The molecule has 1 aromatic carbocycles. The van der Waals surface area contributed by atoms with Crippen molar-refractivity contribution in [3.63, 3.8) is 0 Å². The average Bonchev–Trinajstić information content (AvgIpc) is 2.94. The van der Waals surface area contributed by atoms with Gasteiger partial charge in [0.05, 0.1) is 24.6 Å². The minimum atomic E-state index is -0.529. The van der Waals surface area contributed by atoms with Crippen molar-refractivity contribution in [2.45, 2.75) is 13.3 Å². The topological polar surface area (TPSA) is 91.2 Å². The predicted octanol–water partition coefficient (Wildman–Crippen LogP) is 3.39. The Bertz CT molecular complexity index is 1050. The second-order valence-corrected chi connectivity index (χ2v) is 6.53. The van der Waals surface area contributed by atoms with E-state index in [4.69, 9.17) is 21.1 Å². The molecule has 3 aromatic rings. The van der Waals surface area contributed by atoms with E-state index in [1.165, 1.54) is 6.20 Å². The molecule has 0 aliphatic carbocycles. The first-order valence-electron chi connectivity index (χ1n) is 8.82. The number of esters is 1. The summed E-state index contributed by atoms with van der Waals surface area (Å²) in [6.07, 6.45) is 4.02. The molecule has 28 heavy (non-hydrogen) atoms. The van der Waals surface area contributed by atoms with Gasteiger partial charge < -0.3 is 14.8 Å². The maximum absolute atomic E-state index is 12.2. The molecule has 0 spiro atoms. The smallest absolute Gasteiger partial charge is 0.343 e. The lowest BCUT2D eigenvalue weighted by atomic mass is 10.0. The van der Waals surface area contributed by atoms with Crippen molar-refractivity contribution in [1.82, 2.24) is 19.7 Å². The van der Waals surface area contributed by atoms with Crippen molar-refractivity contribution >= 4 is 29.1 Å². The molecule has 0 radical (unpaired) electrons. The van der Waals surface area contributed by atoms with Crippen LogP contribution < -0.4 is 10.1 Å². The fourth-order valence-electron chi connectivity index (χ4n) is 3.14. The first-order valence-corrected chi connectivity index (χ1v) is 9.20. The van der Waals surface area contributed by atoms with E-state index in [9.17, 15) is 4.79 Å². The maximum atomic E-state index is 12.2. The summed E-state index contributed by atoms with van der Waals surface area (Å²) in [7, 11) is 1.89. The first-order chi connectivity index (χ1) is 13.6. The Kier molecular flexibility index (Phi) is 4.87. The van der Waals surface area contributed by atoms with Crippen LogP contribution in [0.25, 0.3) is 11.1 Å². The van der Waals surface area contributed by atoms with Crippen LogP contribution in [0.15, 0.2) is 30.6 Å². The van der Waals surface area contributed by atoms with Crippen LogP contribution in [-0.2, 0) is 18.2 Å². The number of rotatable bonds is 4. The molecular formula is C19H18ClN5O3. The van der Waals surface area contributed by atoms with E-state index in [1.54, 1.807) is 11.6 Å². The summed E-state index contributed by atoms with van der Waals surface area (Å²) in [5.74, 6) is 0.393. The van der Waals surface area contributed by atoms with Gasteiger partial charge in [0.15, 0.2) is 5.75 Å². The number of aryl methyl sites for hydroxylation is 1. The number of hydrogen-bond acceptors (Lipinski definition) is 7. The molecule has 1 aliphatic rings. The molecular weight excluding hydrogens is 382 g/mol. The van der Waals surface area contributed by atoms with E-state index in [1.807, 2.05) is 31.4 Å². The summed E-state index contributed by atoms with van der Waals surface area (Å²) in [5.41, 5.74) is 3.78. The van der Waals surface area contributed by atoms with E-state index >= 15 is 0 Å².